The van der Waals surface area contributed by atoms with Gasteiger partial charge in [0.1, 0.15) is 10.7 Å². The van der Waals surface area contributed by atoms with E-state index >= 15 is 4.39 Å². The van der Waals surface area contributed by atoms with Crippen molar-refractivity contribution in [2.24, 2.45) is 0 Å². The number of imidazole rings is 1. The van der Waals surface area contributed by atoms with Gasteiger partial charge in [-0.05, 0) is 53.1 Å². The van der Waals surface area contributed by atoms with Crippen molar-refractivity contribution in [1.82, 2.24) is 14.5 Å². The van der Waals surface area contributed by atoms with Crippen molar-refractivity contribution in [3.63, 3.8) is 0 Å². The van der Waals surface area contributed by atoms with Gasteiger partial charge in [0.2, 0.25) is 5.95 Å². The monoisotopic (exact) mass is 547 g/mol. The Morgan fingerprint density at radius 3 is 2.02 bits per heavy atom. The fourth-order valence-corrected chi connectivity index (χ4v) is 6.75. The molecule has 0 fully saturated rings. The van der Waals surface area contributed by atoms with E-state index in [1.807, 2.05) is 60.7 Å². The van der Waals surface area contributed by atoms with Crippen LogP contribution in [0.15, 0.2) is 133 Å². The Balaban J connectivity index is 1.34. The standard InChI is InChI=1S/C36H22FN3S/c37-34-29(25-12-5-2-6-13-25)22-30-27-14-9-15-28(33(27)41-36(30)39-34)35-38-31-16-7-8-17-32(31)40(35)26-20-18-24(19-21-26)23-10-3-1-4-11-23/h1-22H. The molecule has 0 unspecified atom stereocenters. The van der Waals surface area contributed by atoms with Gasteiger partial charge in [0, 0.05) is 32.3 Å². The molecule has 5 heteroatoms. The Labute approximate surface area is 239 Å². The maximum atomic E-state index is 15.2. The zero-order chi connectivity index (χ0) is 27.3. The van der Waals surface area contributed by atoms with Crippen LogP contribution >= 0.6 is 11.3 Å². The number of fused-ring (bicyclic) bond motifs is 4. The summed E-state index contributed by atoms with van der Waals surface area (Å²) in [5.74, 6) is 0.391. The molecule has 0 radical (unpaired) electrons. The molecule has 41 heavy (non-hydrogen) atoms. The third-order valence-electron chi connectivity index (χ3n) is 7.56. The summed E-state index contributed by atoms with van der Waals surface area (Å²) in [5.41, 5.74) is 7.64. The van der Waals surface area contributed by atoms with Crippen LogP contribution in [0.4, 0.5) is 4.39 Å². The molecule has 0 aliphatic carbocycles. The third-order valence-corrected chi connectivity index (χ3v) is 8.71. The Morgan fingerprint density at radius 2 is 1.24 bits per heavy atom. The van der Waals surface area contributed by atoms with Crippen LogP contribution < -0.4 is 0 Å². The van der Waals surface area contributed by atoms with E-state index in [0.717, 1.165) is 54.7 Å². The zero-order valence-corrected chi connectivity index (χ0v) is 22.6. The van der Waals surface area contributed by atoms with E-state index in [0.29, 0.717) is 10.4 Å². The Bertz CT molecular complexity index is 2200. The molecule has 3 nitrogen and oxygen atoms in total. The van der Waals surface area contributed by atoms with E-state index in [1.54, 1.807) is 0 Å². The lowest BCUT2D eigenvalue weighted by molar-refractivity contribution is 0.593. The summed E-state index contributed by atoms with van der Waals surface area (Å²) in [6.07, 6.45) is 0. The highest BCUT2D eigenvalue weighted by molar-refractivity contribution is 7.26. The van der Waals surface area contributed by atoms with Gasteiger partial charge >= 0.3 is 0 Å². The van der Waals surface area contributed by atoms with E-state index in [-0.39, 0.29) is 0 Å². The average Bonchev–Trinajstić information content (AvgIpc) is 3.59. The molecule has 0 saturated carbocycles. The fraction of sp³-hybridized carbons (Fsp3) is 0. The van der Waals surface area contributed by atoms with Crippen molar-refractivity contribution in [2.45, 2.75) is 0 Å². The quantitative estimate of drug-likeness (QED) is 0.205. The maximum absolute atomic E-state index is 15.2. The predicted octanol–water partition coefficient (Wildman–Crippen LogP) is 9.93. The molecule has 0 N–H and O–H groups in total. The second kappa shape index (κ2) is 9.51. The second-order valence-corrected chi connectivity index (χ2v) is 11.0. The molecule has 3 heterocycles. The molecule has 0 spiro atoms. The molecule has 194 valence electrons. The Hall–Kier alpha value is -5.13. The first-order chi connectivity index (χ1) is 20.2. The lowest BCUT2D eigenvalue weighted by Gasteiger charge is -2.11. The number of para-hydroxylation sites is 2. The van der Waals surface area contributed by atoms with Gasteiger partial charge in [0.25, 0.3) is 0 Å². The molecule has 8 rings (SSSR count). The normalized spacial score (nSPS) is 11.5. The minimum atomic E-state index is -0.456. The van der Waals surface area contributed by atoms with E-state index < -0.39 is 5.95 Å². The van der Waals surface area contributed by atoms with Crippen LogP contribution in [0.5, 0.6) is 0 Å². The van der Waals surface area contributed by atoms with Crippen molar-refractivity contribution in [2.75, 3.05) is 0 Å². The summed E-state index contributed by atoms with van der Waals surface area (Å²) in [6, 6.07) is 45.0. The van der Waals surface area contributed by atoms with Crippen LogP contribution in [0.2, 0.25) is 0 Å². The molecule has 0 bridgehead atoms. The topological polar surface area (TPSA) is 30.7 Å². The number of aromatic nitrogens is 3. The maximum Gasteiger partial charge on any atom is 0.222 e. The first-order valence-corrected chi connectivity index (χ1v) is 14.3. The molecule has 0 aliphatic rings. The number of hydrogen-bond donors (Lipinski definition) is 0. The lowest BCUT2D eigenvalue weighted by atomic mass is 10.0. The molecule has 5 aromatic carbocycles. The van der Waals surface area contributed by atoms with Crippen molar-refractivity contribution < 1.29 is 4.39 Å². The largest absolute Gasteiger partial charge is 0.292 e. The van der Waals surface area contributed by atoms with Gasteiger partial charge in [-0.15, -0.1) is 11.3 Å². The van der Waals surface area contributed by atoms with Gasteiger partial charge in [-0.3, -0.25) is 4.57 Å². The second-order valence-electron chi connectivity index (χ2n) is 10.0. The molecule has 3 aromatic heterocycles. The third kappa shape index (κ3) is 3.93. The number of halogens is 1. The first kappa shape index (κ1) is 23.7. The summed E-state index contributed by atoms with van der Waals surface area (Å²) in [4.78, 5) is 10.2. The number of hydrogen-bond acceptors (Lipinski definition) is 3. The Kier molecular flexibility index (Phi) is 5.50. The number of nitrogens with zero attached hydrogens (tertiary/aromatic N) is 3. The summed E-state index contributed by atoms with van der Waals surface area (Å²) < 4.78 is 18.5. The summed E-state index contributed by atoms with van der Waals surface area (Å²) in [5, 5.41) is 1.99. The van der Waals surface area contributed by atoms with Crippen molar-refractivity contribution in [1.29, 1.82) is 0 Å². The van der Waals surface area contributed by atoms with Crippen LogP contribution in [-0.2, 0) is 0 Å². The molecule has 8 aromatic rings. The van der Waals surface area contributed by atoms with E-state index in [4.69, 9.17) is 4.98 Å². The zero-order valence-electron chi connectivity index (χ0n) is 21.8. The molecule has 0 saturated heterocycles. The number of pyridine rings is 1. The van der Waals surface area contributed by atoms with Gasteiger partial charge in [0.15, 0.2) is 0 Å². The number of benzene rings is 5. The van der Waals surface area contributed by atoms with Gasteiger partial charge in [-0.2, -0.15) is 4.39 Å². The first-order valence-electron chi connectivity index (χ1n) is 13.5. The van der Waals surface area contributed by atoms with Crippen LogP contribution in [0.3, 0.4) is 0 Å². The fourth-order valence-electron chi connectivity index (χ4n) is 5.60. The van der Waals surface area contributed by atoms with Gasteiger partial charge in [-0.25, -0.2) is 9.97 Å². The summed E-state index contributed by atoms with van der Waals surface area (Å²) in [6.45, 7) is 0. The van der Waals surface area contributed by atoms with Crippen molar-refractivity contribution in [3.8, 4) is 39.3 Å². The average molecular weight is 548 g/mol. The minimum absolute atomic E-state index is 0.456. The Morgan fingerprint density at radius 1 is 0.561 bits per heavy atom. The molecular formula is C36H22FN3S. The molecule has 0 aliphatic heterocycles. The summed E-state index contributed by atoms with van der Waals surface area (Å²) >= 11 is 1.51. The van der Waals surface area contributed by atoms with Gasteiger partial charge in [0.05, 0.1) is 11.0 Å². The van der Waals surface area contributed by atoms with Gasteiger partial charge in [-0.1, -0.05) is 97.1 Å². The highest BCUT2D eigenvalue weighted by Crippen LogP contribution is 2.42. The van der Waals surface area contributed by atoms with Gasteiger partial charge < -0.3 is 0 Å². The molecule has 0 amide bonds. The van der Waals surface area contributed by atoms with E-state index in [9.17, 15) is 0 Å². The van der Waals surface area contributed by atoms with Crippen molar-refractivity contribution in [3.05, 3.63) is 139 Å². The van der Waals surface area contributed by atoms with E-state index in [2.05, 4.69) is 82.3 Å². The van der Waals surface area contributed by atoms with Crippen LogP contribution in [0.25, 0.3) is 70.7 Å². The SMILES string of the molecule is Fc1nc2sc3c(-c4nc5ccccc5n4-c4ccc(-c5ccccc5)cc4)cccc3c2cc1-c1ccccc1. The summed E-state index contributed by atoms with van der Waals surface area (Å²) in [7, 11) is 0. The van der Waals surface area contributed by atoms with Crippen LogP contribution in [-0.4, -0.2) is 14.5 Å². The number of rotatable bonds is 4. The molecular weight excluding hydrogens is 525 g/mol. The number of thiophene rings is 1. The van der Waals surface area contributed by atoms with Crippen LogP contribution in [0.1, 0.15) is 0 Å². The molecule has 0 atom stereocenters. The highest BCUT2D eigenvalue weighted by Gasteiger charge is 2.20. The lowest BCUT2D eigenvalue weighted by Crippen LogP contribution is -1.97. The highest BCUT2D eigenvalue weighted by atomic mass is 32.1. The smallest absolute Gasteiger partial charge is 0.222 e. The predicted molar refractivity (Wildman–Crippen MR) is 168 cm³/mol. The minimum Gasteiger partial charge on any atom is -0.292 e. The van der Waals surface area contributed by atoms with Crippen molar-refractivity contribution >= 4 is 42.7 Å². The van der Waals surface area contributed by atoms with Crippen LogP contribution in [0, 0.1) is 5.95 Å². The van der Waals surface area contributed by atoms with E-state index in [1.165, 1.54) is 16.9 Å².